The maximum atomic E-state index is 10.9. The fourth-order valence-corrected chi connectivity index (χ4v) is 0.997. The molecule has 1 saturated heterocycles. The second-order valence-electron chi connectivity index (χ2n) is 2.32. The van der Waals surface area contributed by atoms with Gasteiger partial charge in [0.25, 0.3) is 0 Å². The van der Waals surface area contributed by atoms with E-state index in [2.05, 4.69) is 17.2 Å². The van der Waals surface area contributed by atoms with Crippen LogP contribution in [0.5, 0.6) is 0 Å². The minimum Gasteiger partial charge on any atom is -0.313 e. The lowest BCUT2D eigenvalue weighted by Crippen LogP contribution is -2.51. The number of ketones is 1. The summed E-state index contributed by atoms with van der Waals surface area (Å²) < 4.78 is 0. The van der Waals surface area contributed by atoms with Gasteiger partial charge in [0, 0.05) is 19.6 Å². The van der Waals surface area contributed by atoms with Gasteiger partial charge in [-0.1, -0.05) is 6.58 Å². The Morgan fingerprint density at radius 2 is 2.40 bits per heavy atom. The van der Waals surface area contributed by atoms with Crippen molar-refractivity contribution in [3.63, 3.8) is 0 Å². The lowest BCUT2D eigenvalue weighted by Gasteiger charge is -2.21. The average Bonchev–Trinajstić information content (AvgIpc) is 2.05. The van der Waals surface area contributed by atoms with E-state index in [0.29, 0.717) is 0 Å². The number of hydrogen-bond donors (Lipinski definition) is 2. The number of hydrogen-bond acceptors (Lipinski definition) is 3. The zero-order valence-electron chi connectivity index (χ0n) is 5.89. The highest BCUT2D eigenvalue weighted by Gasteiger charge is 2.16. The number of rotatable bonds is 2. The second-order valence-corrected chi connectivity index (χ2v) is 2.32. The van der Waals surface area contributed by atoms with Crippen LogP contribution in [0.1, 0.15) is 0 Å². The van der Waals surface area contributed by atoms with Crippen molar-refractivity contribution in [2.24, 2.45) is 0 Å². The molecule has 0 bridgehead atoms. The molecule has 0 aliphatic carbocycles. The highest BCUT2D eigenvalue weighted by molar-refractivity contribution is 5.94. The van der Waals surface area contributed by atoms with E-state index >= 15 is 0 Å². The van der Waals surface area contributed by atoms with Crippen molar-refractivity contribution in [1.29, 1.82) is 0 Å². The lowest BCUT2D eigenvalue weighted by atomic mass is 10.1. The summed E-state index contributed by atoms with van der Waals surface area (Å²) in [6.07, 6.45) is 1.37. The van der Waals surface area contributed by atoms with Crippen LogP contribution in [0, 0.1) is 0 Å². The third-order valence-electron chi connectivity index (χ3n) is 1.59. The first kappa shape index (κ1) is 7.44. The average molecular weight is 140 g/mol. The Balaban J connectivity index is 2.38. The van der Waals surface area contributed by atoms with E-state index in [9.17, 15) is 4.79 Å². The normalized spacial score (nSPS) is 25.8. The van der Waals surface area contributed by atoms with Crippen LogP contribution in [-0.2, 0) is 4.79 Å². The molecule has 3 heteroatoms. The van der Waals surface area contributed by atoms with Crippen molar-refractivity contribution in [3.8, 4) is 0 Å². The minimum absolute atomic E-state index is 0.0498. The molecule has 10 heavy (non-hydrogen) atoms. The van der Waals surface area contributed by atoms with E-state index in [4.69, 9.17) is 0 Å². The van der Waals surface area contributed by atoms with Crippen LogP contribution in [0.3, 0.4) is 0 Å². The van der Waals surface area contributed by atoms with Gasteiger partial charge in [-0.25, -0.2) is 0 Å². The molecule has 0 amide bonds. The molecule has 0 radical (unpaired) electrons. The van der Waals surface area contributed by atoms with Gasteiger partial charge in [0.15, 0.2) is 5.78 Å². The van der Waals surface area contributed by atoms with Crippen molar-refractivity contribution in [2.45, 2.75) is 6.04 Å². The fraction of sp³-hybridized carbons (Fsp3) is 0.571. The molecule has 0 saturated carbocycles. The zero-order chi connectivity index (χ0) is 7.40. The summed E-state index contributed by atoms with van der Waals surface area (Å²) in [5.41, 5.74) is 0. The Hall–Kier alpha value is -0.670. The highest BCUT2D eigenvalue weighted by atomic mass is 16.1. The fourth-order valence-electron chi connectivity index (χ4n) is 0.997. The van der Waals surface area contributed by atoms with Crippen LogP contribution in [0.15, 0.2) is 12.7 Å². The molecule has 0 spiro atoms. The molecule has 3 nitrogen and oxygen atoms in total. The number of nitrogens with one attached hydrogen (secondary N) is 2. The van der Waals surface area contributed by atoms with Gasteiger partial charge in [-0.2, -0.15) is 0 Å². The number of carbonyl (C=O) groups is 1. The summed E-state index contributed by atoms with van der Waals surface area (Å²) >= 11 is 0. The molecule has 0 aromatic heterocycles. The number of piperazine rings is 1. The molecular weight excluding hydrogens is 128 g/mol. The Morgan fingerprint density at radius 3 is 2.90 bits per heavy atom. The van der Waals surface area contributed by atoms with Crippen molar-refractivity contribution < 1.29 is 4.79 Å². The lowest BCUT2D eigenvalue weighted by molar-refractivity contribution is -0.116. The smallest absolute Gasteiger partial charge is 0.173 e. The van der Waals surface area contributed by atoms with Gasteiger partial charge in [0.05, 0.1) is 6.04 Å². The first-order valence-corrected chi connectivity index (χ1v) is 3.45. The second kappa shape index (κ2) is 3.49. The molecule has 56 valence electrons. The number of carbonyl (C=O) groups excluding carboxylic acids is 1. The molecule has 1 heterocycles. The minimum atomic E-state index is -0.0498. The van der Waals surface area contributed by atoms with E-state index in [1.165, 1.54) is 6.08 Å². The SMILES string of the molecule is C=CC(=O)C1CNCCN1. The van der Waals surface area contributed by atoms with Crippen LogP contribution in [0.4, 0.5) is 0 Å². The molecule has 1 atom stereocenters. The summed E-state index contributed by atoms with van der Waals surface area (Å²) in [5, 5.41) is 6.21. The Labute approximate surface area is 60.5 Å². The maximum Gasteiger partial charge on any atom is 0.173 e. The molecule has 1 aliphatic rings. The Bertz CT molecular complexity index is 139. The van der Waals surface area contributed by atoms with E-state index in [-0.39, 0.29) is 11.8 Å². The van der Waals surface area contributed by atoms with Crippen LogP contribution in [-0.4, -0.2) is 31.5 Å². The maximum absolute atomic E-state index is 10.9. The van der Waals surface area contributed by atoms with Gasteiger partial charge < -0.3 is 10.6 Å². The third kappa shape index (κ3) is 1.65. The first-order valence-electron chi connectivity index (χ1n) is 3.45. The largest absolute Gasteiger partial charge is 0.313 e. The van der Waals surface area contributed by atoms with Crippen molar-refractivity contribution in [1.82, 2.24) is 10.6 Å². The van der Waals surface area contributed by atoms with Gasteiger partial charge in [-0.15, -0.1) is 0 Å². The summed E-state index contributed by atoms with van der Waals surface area (Å²) in [6.45, 7) is 5.96. The van der Waals surface area contributed by atoms with E-state index < -0.39 is 0 Å². The molecule has 1 unspecified atom stereocenters. The van der Waals surface area contributed by atoms with Crippen molar-refractivity contribution in [2.75, 3.05) is 19.6 Å². The molecule has 1 rings (SSSR count). The van der Waals surface area contributed by atoms with Gasteiger partial charge in [0.1, 0.15) is 0 Å². The summed E-state index contributed by atoms with van der Waals surface area (Å²) in [4.78, 5) is 10.9. The topological polar surface area (TPSA) is 41.1 Å². The highest BCUT2D eigenvalue weighted by Crippen LogP contribution is 1.89. The standard InChI is InChI=1S/C7H12N2O/c1-2-7(10)6-5-8-3-4-9-6/h2,6,8-9H,1,3-5H2. The van der Waals surface area contributed by atoms with E-state index in [0.717, 1.165) is 19.6 Å². The van der Waals surface area contributed by atoms with Crippen molar-refractivity contribution >= 4 is 5.78 Å². The Kier molecular flexibility index (Phi) is 2.59. The molecule has 0 aromatic carbocycles. The molecule has 2 N–H and O–H groups in total. The van der Waals surface area contributed by atoms with Crippen LogP contribution in [0.25, 0.3) is 0 Å². The molecule has 1 aliphatic heterocycles. The predicted molar refractivity (Wildman–Crippen MR) is 39.9 cm³/mol. The van der Waals surface area contributed by atoms with Crippen molar-refractivity contribution in [3.05, 3.63) is 12.7 Å². The van der Waals surface area contributed by atoms with Gasteiger partial charge in [-0.05, 0) is 6.08 Å². The van der Waals surface area contributed by atoms with Crippen LogP contribution in [0.2, 0.25) is 0 Å². The molecule has 1 fully saturated rings. The van der Waals surface area contributed by atoms with Gasteiger partial charge >= 0.3 is 0 Å². The predicted octanol–water partition coefficient (Wildman–Crippen LogP) is -0.697. The summed E-state index contributed by atoms with van der Waals surface area (Å²) in [5.74, 6) is 0.0761. The quantitative estimate of drug-likeness (QED) is 0.498. The van der Waals surface area contributed by atoms with Gasteiger partial charge in [0.2, 0.25) is 0 Å². The van der Waals surface area contributed by atoms with Crippen LogP contribution >= 0.6 is 0 Å². The summed E-state index contributed by atoms with van der Waals surface area (Å²) in [7, 11) is 0. The molecule has 0 aromatic rings. The molecular formula is C7H12N2O. The zero-order valence-corrected chi connectivity index (χ0v) is 5.89. The summed E-state index contributed by atoms with van der Waals surface area (Å²) in [6, 6.07) is -0.0498. The Morgan fingerprint density at radius 1 is 1.60 bits per heavy atom. The van der Waals surface area contributed by atoms with E-state index in [1.54, 1.807) is 0 Å². The monoisotopic (exact) mass is 140 g/mol. The third-order valence-corrected chi connectivity index (χ3v) is 1.59. The van der Waals surface area contributed by atoms with E-state index in [1.807, 2.05) is 0 Å². The van der Waals surface area contributed by atoms with Crippen LogP contribution < -0.4 is 10.6 Å². The van der Waals surface area contributed by atoms with Gasteiger partial charge in [-0.3, -0.25) is 4.79 Å². The first-order chi connectivity index (χ1) is 4.84.